The first-order valence-electron chi connectivity index (χ1n) is 16.3. The summed E-state index contributed by atoms with van der Waals surface area (Å²) in [7, 11) is 0. The van der Waals surface area contributed by atoms with Crippen molar-refractivity contribution in [3.8, 4) is 16.9 Å². The molecule has 2 amide bonds. The van der Waals surface area contributed by atoms with Gasteiger partial charge in [0.2, 0.25) is 11.5 Å². The number of piperidine rings is 1. The van der Waals surface area contributed by atoms with Crippen molar-refractivity contribution in [2.45, 2.75) is 58.3 Å². The molecular weight excluding hydrogens is 588 g/mol. The Kier molecular flexibility index (Phi) is 9.36. The predicted molar refractivity (Wildman–Crippen MR) is 185 cm³/mol. The Morgan fingerprint density at radius 2 is 1.64 bits per heavy atom. The molecule has 0 aliphatic carbocycles. The summed E-state index contributed by atoms with van der Waals surface area (Å²) in [5, 5.41) is 18.4. The molecule has 3 N–H and O–H groups in total. The van der Waals surface area contributed by atoms with Gasteiger partial charge in [-0.2, -0.15) is 5.10 Å². The molecule has 1 unspecified atom stereocenters. The summed E-state index contributed by atoms with van der Waals surface area (Å²) < 4.78 is 7.27. The molecule has 2 aromatic heterocycles. The van der Waals surface area contributed by atoms with Gasteiger partial charge >= 0.3 is 6.03 Å². The van der Waals surface area contributed by atoms with Crippen molar-refractivity contribution in [3.05, 3.63) is 114 Å². The molecule has 3 heterocycles. The highest BCUT2D eigenvalue weighted by atomic mass is 16.5. The highest BCUT2D eigenvalue weighted by molar-refractivity contribution is 5.99. The molecule has 9 nitrogen and oxygen atoms in total. The number of hydrogen-bond acceptors (Lipinski definition) is 6. The smallest absolute Gasteiger partial charge is 0.324 e. The molecule has 0 saturated carbocycles. The molecule has 1 fully saturated rings. The second-order valence-corrected chi connectivity index (χ2v) is 13.4. The van der Waals surface area contributed by atoms with Crippen LogP contribution in [0.3, 0.4) is 0 Å². The van der Waals surface area contributed by atoms with Crippen LogP contribution in [0.25, 0.3) is 16.9 Å². The molecule has 9 heteroatoms. The minimum atomic E-state index is -0.365. The Bertz CT molecular complexity index is 1810. The van der Waals surface area contributed by atoms with E-state index in [2.05, 4.69) is 41.9 Å². The van der Waals surface area contributed by atoms with E-state index in [4.69, 9.17) is 9.62 Å². The Morgan fingerprint density at radius 1 is 0.936 bits per heavy atom. The molecule has 1 aliphatic rings. The number of hydrogen-bond donors (Lipinski definition) is 3. The van der Waals surface area contributed by atoms with Gasteiger partial charge in [0.1, 0.15) is 11.5 Å². The predicted octanol–water partition coefficient (Wildman–Crippen LogP) is 8.13. The lowest BCUT2D eigenvalue weighted by Gasteiger charge is -2.30. The minimum Gasteiger partial charge on any atom is -0.352 e. The van der Waals surface area contributed by atoms with Gasteiger partial charge in [-0.3, -0.25) is 10.1 Å². The van der Waals surface area contributed by atoms with Crippen LogP contribution in [0.15, 0.2) is 95.5 Å². The van der Waals surface area contributed by atoms with Gasteiger partial charge in [-0.15, -0.1) is 0 Å². The van der Waals surface area contributed by atoms with Crippen LogP contribution in [-0.4, -0.2) is 39.8 Å². The van der Waals surface area contributed by atoms with E-state index in [1.807, 2.05) is 91.9 Å². The Balaban J connectivity index is 1.17. The number of carbonyl (C=O) groups is 2. The van der Waals surface area contributed by atoms with Crippen molar-refractivity contribution in [3.63, 3.8) is 0 Å². The summed E-state index contributed by atoms with van der Waals surface area (Å²) in [6.07, 6.45) is 2.29. The lowest BCUT2D eigenvalue weighted by atomic mass is 9.77. The van der Waals surface area contributed by atoms with Gasteiger partial charge in [-0.05, 0) is 74.5 Å². The zero-order valence-corrected chi connectivity index (χ0v) is 27.4. The van der Waals surface area contributed by atoms with E-state index in [0.29, 0.717) is 29.5 Å². The number of anilines is 2. The van der Waals surface area contributed by atoms with Gasteiger partial charge in [0, 0.05) is 35.2 Å². The van der Waals surface area contributed by atoms with E-state index in [9.17, 15) is 9.59 Å². The maximum atomic E-state index is 13.5. The van der Waals surface area contributed by atoms with Crippen LogP contribution in [0.4, 0.5) is 16.3 Å². The molecule has 47 heavy (non-hydrogen) atoms. The zero-order chi connectivity index (χ0) is 33.0. The quantitative estimate of drug-likeness (QED) is 0.142. The molecule has 5 aromatic rings. The summed E-state index contributed by atoms with van der Waals surface area (Å²) in [5.74, 6) is 1.15. The second kappa shape index (κ2) is 13.8. The number of benzene rings is 3. The molecule has 0 radical (unpaired) electrons. The third kappa shape index (κ3) is 7.69. The van der Waals surface area contributed by atoms with Crippen molar-refractivity contribution in [2.24, 2.45) is 5.92 Å². The molecular formula is C38H42N6O3. The summed E-state index contributed by atoms with van der Waals surface area (Å²) in [6.45, 7) is 10.2. The standard InChI is InChI=1S/C38H42N6O3/c1-25-10-16-30(17-11-25)44-36(24-35(42-44)38(2,3)4)41-37(46)40-29-14-12-26(13-15-29)31(27-18-20-39-21-19-27)22-33(45)34-23-32(43-47-34)28-8-6-5-7-9-28/h5-17,23-24,27,31,39H,18-22H2,1-4H3,(H2,40,41,46). The molecule has 1 aliphatic heterocycles. The van der Waals surface area contributed by atoms with Crippen molar-refractivity contribution < 1.29 is 14.1 Å². The zero-order valence-electron chi connectivity index (χ0n) is 27.4. The summed E-state index contributed by atoms with van der Waals surface area (Å²) in [6, 6.07) is 28.8. The number of Topliss-reactive ketones (excluding diaryl/α,β-unsaturated/α-hetero) is 1. The number of ketones is 1. The highest BCUT2D eigenvalue weighted by Crippen LogP contribution is 2.36. The third-order valence-electron chi connectivity index (χ3n) is 8.81. The number of amides is 2. The second-order valence-electron chi connectivity index (χ2n) is 13.4. The SMILES string of the molecule is Cc1ccc(-n2nc(C(C)(C)C)cc2NC(=O)Nc2ccc(C(CC(=O)c3cc(-c4ccccc4)no3)C3CCNCC3)cc2)cc1. The van der Waals surface area contributed by atoms with Gasteiger partial charge in [-0.25, -0.2) is 9.48 Å². The normalized spacial score (nSPS) is 14.5. The fourth-order valence-electron chi connectivity index (χ4n) is 6.07. The van der Waals surface area contributed by atoms with Gasteiger partial charge in [0.25, 0.3) is 0 Å². The molecule has 6 rings (SSSR count). The fourth-order valence-corrected chi connectivity index (χ4v) is 6.07. The van der Waals surface area contributed by atoms with Crippen molar-refractivity contribution in [2.75, 3.05) is 23.7 Å². The molecule has 3 aromatic carbocycles. The lowest BCUT2D eigenvalue weighted by molar-refractivity contribution is 0.0923. The fraction of sp³-hybridized carbons (Fsp3) is 0.316. The maximum absolute atomic E-state index is 13.5. The maximum Gasteiger partial charge on any atom is 0.324 e. The number of aryl methyl sites for hydroxylation is 1. The van der Waals surface area contributed by atoms with Crippen LogP contribution in [0.5, 0.6) is 0 Å². The first-order chi connectivity index (χ1) is 22.6. The molecule has 1 atom stereocenters. The Morgan fingerprint density at radius 3 is 2.32 bits per heavy atom. The topological polar surface area (TPSA) is 114 Å². The van der Waals surface area contributed by atoms with Crippen molar-refractivity contribution in [1.82, 2.24) is 20.3 Å². The van der Waals surface area contributed by atoms with E-state index in [-0.39, 0.29) is 28.9 Å². The van der Waals surface area contributed by atoms with Crippen LogP contribution >= 0.6 is 0 Å². The largest absolute Gasteiger partial charge is 0.352 e. The first kappa shape index (κ1) is 31.9. The average molecular weight is 631 g/mol. The molecule has 1 saturated heterocycles. The number of rotatable bonds is 9. The summed E-state index contributed by atoms with van der Waals surface area (Å²) in [5.41, 5.74) is 5.97. The van der Waals surface area contributed by atoms with Crippen LogP contribution in [0.2, 0.25) is 0 Å². The Hall–Kier alpha value is -5.02. The molecule has 0 bridgehead atoms. The van der Waals surface area contributed by atoms with E-state index in [0.717, 1.165) is 54.0 Å². The monoisotopic (exact) mass is 630 g/mol. The van der Waals surface area contributed by atoms with E-state index < -0.39 is 0 Å². The van der Waals surface area contributed by atoms with Crippen LogP contribution in [0.1, 0.15) is 73.3 Å². The number of nitrogens with one attached hydrogen (secondary N) is 3. The molecule has 242 valence electrons. The van der Waals surface area contributed by atoms with E-state index in [1.165, 1.54) is 0 Å². The lowest BCUT2D eigenvalue weighted by Crippen LogP contribution is -2.31. The number of nitrogens with zero attached hydrogens (tertiary/aromatic N) is 3. The van der Waals surface area contributed by atoms with Crippen molar-refractivity contribution in [1.29, 1.82) is 0 Å². The van der Waals surface area contributed by atoms with Gasteiger partial charge in [-0.1, -0.05) is 86.1 Å². The van der Waals surface area contributed by atoms with Crippen molar-refractivity contribution >= 4 is 23.3 Å². The first-order valence-corrected chi connectivity index (χ1v) is 16.3. The average Bonchev–Trinajstić information content (AvgIpc) is 3.74. The molecule has 0 spiro atoms. The minimum absolute atomic E-state index is 0.0115. The highest BCUT2D eigenvalue weighted by Gasteiger charge is 2.29. The van der Waals surface area contributed by atoms with Gasteiger partial charge in [0.05, 0.1) is 11.4 Å². The summed E-state index contributed by atoms with van der Waals surface area (Å²) >= 11 is 0. The van der Waals surface area contributed by atoms with Crippen LogP contribution in [-0.2, 0) is 5.41 Å². The number of urea groups is 1. The third-order valence-corrected chi connectivity index (χ3v) is 8.81. The van der Waals surface area contributed by atoms with E-state index >= 15 is 0 Å². The van der Waals surface area contributed by atoms with Crippen LogP contribution in [0, 0.1) is 12.8 Å². The Labute approximate surface area is 275 Å². The summed E-state index contributed by atoms with van der Waals surface area (Å²) in [4.78, 5) is 26.7. The number of aromatic nitrogens is 3. The number of carbonyl (C=O) groups excluding carboxylic acids is 2. The van der Waals surface area contributed by atoms with Crippen LogP contribution < -0.4 is 16.0 Å². The van der Waals surface area contributed by atoms with Gasteiger partial charge < -0.3 is 15.2 Å². The van der Waals surface area contributed by atoms with E-state index in [1.54, 1.807) is 10.7 Å². The van der Waals surface area contributed by atoms with Gasteiger partial charge in [0.15, 0.2) is 0 Å².